The van der Waals surface area contributed by atoms with Crippen molar-refractivity contribution in [3.8, 4) is 0 Å². The zero-order valence-corrected chi connectivity index (χ0v) is 12.7. The van der Waals surface area contributed by atoms with E-state index in [1.54, 1.807) is 11.1 Å². The summed E-state index contributed by atoms with van der Waals surface area (Å²) in [4.78, 5) is 18.5. The number of halogens is 2. The van der Waals surface area contributed by atoms with Crippen molar-refractivity contribution in [1.29, 1.82) is 0 Å². The maximum absolute atomic E-state index is 13.8. The smallest absolute Gasteiger partial charge is 0.256 e. The molecule has 1 unspecified atom stereocenters. The summed E-state index contributed by atoms with van der Waals surface area (Å²) in [7, 11) is 0. The lowest BCUT2D eigenvalue weighted by Crippen LogP contribution is -2.40. The minimum absolute atomic E-state index is 0.0649. The number of likely N-dealkylation sites (tertiary alicyclic amines) is 1. The monoisotopic (exact) mass is 316 g/mol. The fourth-order valence-electron chi connectivity index (χ4n) is 3.06. The number of carbonyl (C=O) groups excluding carboxylic acids is 1. The van der Waals surface area contributed by atoms with Gasteiger partial charge in [0.1, 0.15) is 11.6 Å². The van der Waals surface area contributed by atoms with E-state index in [-0.39, 0.29) is 11.5 Å². The lowest BCUT2D eigenvalue weighted by molar-refractivity contribution is 0.0668. The molecule has 1 fully saturated rings. The maximum atomic E-state index is 13.8. The number of pyridine rings is 1. The largest absolute Gasteiger partial charge is 0.338 e. The Kier molecular flexibility index (Phi) is 4.65. The van der Waals surface area contributed by atoms with Gasteiger partial charge in [-0.2, -0.15) is 0 Å². The Balaban J connectivity index is 1.69. The van der Waals surface area contributed by atoms with Crippen LogP contribution in [0.3, 0.4) is 0 Å². The lowest BCUT2D eigenvalue weighted by atomic mass is 9.92. The second-order valence-electron chi connectivity index (χ2n) is 5.91. The van der Waals surface area contributed by atoms with Crippen LogP contribution < -0.4 is 0 Å². The molecule has 5 heteroatoms. The van der Waals surface area contributed by atoms with E-state index in [1.807, 2.05) is 18.2 Å². The molecule has 0 N–H and O–H groups in total. The van der Waals surface area contributed by atoms with Gasteiger partial charge < -0.3 is 4.90 Å². The number of hydrogen-bond donors (Lipinski definition) is 0. The highest BCUT2D eigenvalue weighted by molar-refractivity contribution is 5.94. The minimum Gasteiger partial charge on any atom is -0.338 e. The normalized spacial score (nSPS) is 18.0. The van der Waals surface area contributed by atoms with Gasteiger partial charge in [0.05, 0.1) is 5.56 Å². The van der Waals surface area contributed by atoms with Crippen LogP contribution in [-0.4, -0.2) is 28.9 Å². The highest BCUT2D eigenvalue weighted by Gasteiger charge is 2.26. The van der Waals surface area contributed by atoms with Gasteiger partial charge in [0, 0.05) is 31.0 Å². The standard InChI is InChI=1S/C18H18F2N2O/c19-14-6-7-16(17(20)11-14)18(23)22-9-3-4-13(12-22)10-15-5-1-2-8-21-15/h1-2,5-8,11,13H,3-4,9-10,12H2. The highest BCUT2D eigenvalue weighted by atomic mass is 19.1. The van der Waals surface area contributed by atoms with E-state index in [2.05, 4.69) is 4.98 Å². The number of piperidine rings is 1. The van der Waals surface area contributed by atoms with Crippen molar-refractivity contribution in [2.24, 2.45) is 5.92 Å². The Labute approximate surface area is 134 Å². The molecule has 1 aliphatic heterocycles. The van der Waals surface area contributed by atoms with Gasteiger partial charge in [-0.1, -0.05) is 6.07 Å². The van der Waals surface area contributed by atoms with Gasteiger partial charge in [0.15, 0.2) is 0 Å². The molecule has 23 heavy (non-hydrogen) atoms. The molecule has 1 atom stereocenters. The Morgan fingerprint density at radius 3 is 2.87 bits per heavy atom. The van der Waals surface area contributed by atoms with Crippen LogP contribution in [0.5, 0.6) is 0 Å². The summed E-state index contributed by atoms with van der Waals surface area (Å²) in [5, 5.41) is 0. The summed E-state index contributed by atoms with van der Waals surface area (Å²) in [5.74, 6) is -1.54. The Morgan fingerprint density at radius 2 is 2.13 bits per heavy atom. The molecule has 3 rings (SSSR count). The molecule has 0 spiro atoms. The van der Waals surface area contributed by atoms with Crippen molar-refractivity contribution in [3.63, 3.8) is 0 Å². The van der Waals surface area contributed by atoms with Gasteiger partial charge in [0.2, 0.25) is 0 Å². The molecule has 1 saturated heterocycles. The van der Waals surface area contributed by atoms with Gasteiger partial charge in [-0.15, -0.1) is 0 Å². The van der Waals surface area contributed by atoms with Crippen LogP contribution in [0.25, 0.3) is 0 Å². The molecule has 1 aromatic heterocycles. The molecule has 1 aliphatic rings. The van der Waals surface area contributed by atoms with Crippen LogP contribution in [0, 0.1) is 17.6 Å². The average molecular weight is 316 g/mol. The number of amides is 1. The Hall–Kier alpha value is -2.30. The van der Waals surface area contributed by atoms with Gasteiger partial charge in [0.25, 0.3) is 5.91 Å². The number of benzene rings is 1. The highest BCUT2D eigenvalue weighted by Crippen LogP contribution is 2.22. The second kappa shape index (κ2) is 6.86. The summed E-state index contributed by atoms with van der Waals surface area (Å²) in [6, 6.07) is 8.88. The van der Waals surface area contributed by atoms with Crippen LogP contribution >= 0.6 is 0 Å². The van der Waals surface area contributed by atoms with Gasteiger partial charge >= 0.3 is 0 Å². The van der Waals surface area contributed by atoms with Gasteiger partial charge in [-0.05, 0) is 49.4 Å². The zero-order valence-electron chi connectivity index (χ0n) is 12.7. The van der Waals surface area contributed by atoms with Crippen LogP contribution in [0.1, 0.15) is 28.9 Å². The lowest BCUT2D eigenvalue weighted by Gasteiger charge is -2.32. The number of aromatic nitrogens is 1. The van der Waals surface area contributed by atoms with E-state index in [9.17, 15) is 13.6 Å². The fourth-order valence-corrected chi connectivity index (χ4v) is 3.06. The number of nitrogens with zero attached hydrogens (tertiary/aromatic N) is 2. The van der Waals surface area contributed by atoms with E-state index >= 15 is 0 Å². The molecule has 2 aromatic rings. The van der Waals surface area contributed by atoms with Crippen molar-refractivity contribution in [1.82, 2.24) is 9.88 Å². The molecular formula is C18H18F2N2O. The predicted octanol–water partition coefficient (Wildman–Crippen LogP) is 3.45. The van der Waals surface area contributed by atoms with Gasteiger partial charge in [-0.25, -0.2) is 8.78 Å². The predicted molar refractivity (Wildman–Crippen MR) is 82.9 cm³/mol. The Morgan fingerprint density at radius 1 is 1.26 bits per heavy atom. The first-order valence-electron chi connectivity index (χ1n) is 7.77. The molecule has 2 heterocycles. The van der Waals surface area contributed by atoms with Gasteiger partial charge in [-0.3, -0.25) is 9.78 Å². The summed E-state index contributed by atoms with van der Waals surface area (Å²) in [6.07, 6.45) is 4.46. The van der Waals surface area contributed by atoms with Crippen molar-refractivity contribution in [3.05, 3.63) is 65.5 Å². The molecule has 0 aliphatic carbocycles. The van der Waals surface area contributed by atoms with Crippen molar-refractivity contribution in [2.75, 3.05) is 13.1 Å². The maximum Gasteiger partial charge on any atom is 0.256 e. The van der Waals surface area contributed by atoms with Crippen molar-refractivity contribution < 1.29 is 13.6 Å². The first-order chi connectivity index (χ1) is 11.1. The zero-order chi connectivity index (χ0) is 16.2. The third-order valence-electron chi connectivity index (χ3n) is 4.19. The van der Waals surface area contributed by atoms with E-state index in [1.165, 1.54) is 6.07 Å². The van der Waals surface area contributed by atoms with Crippen molar-refractivity contribution in [2.45, 2.75) is 19.3 Å². The summed E-state index contributed by atoms with van der Waals surface area (Å²) < 4.78 is 26.8. The topological polar surface area (TPSA) is 33.2 Å². The molecule has 0 saturated carbocycles. The third-order valence-corrected chi connectivity index (χ3v) is 4.19. The molecule has 1 aromatic carbocycles. The molecule has 120 valence electrons. The average Bonchev–Trinajstić information content (AvgIpc) is 2.55. The molecule has 1 amide bonds. The van der Waals surface area contributed by atoms with E-state index in [0.29, 0.717) is 19.0 Å². The number of hydrogen-bond acceptors (Lipinski definition) is 2. The fraction of sp³-hybridized carbons (Fsp3) is 0.333. The van der Waals surface area contributed by atoms with E-state index in [0.717, 1.165) is 37.1 Å². The summed E-state index contributed by atoms with van der Waals surface area (Å²) in [6.45, 7) is 1.18. The molecule has 0 bridgehead atoms. The SMILES string of the molecule is O=C(c1ccc(F)cc1F)N1CCCC(Cc2ccccn2)C1. The third kappa shape index (κ3) is 3.73. The van der Waals surface area contributed by atoms with E-state index < -0.39 is 11.6 Å². The number of carbonyl (C=O) groups is 1. The quantitative estimate of drug-likeness (QED) is 0.869. The minimum atomic E-state index is -0.804. The molecular weight excluding hydrogens is 298 g/mol. The van der Waals surface area contributed by atoms with Crippen LogP contribution in [-0.2, 0) is 6.42 Å². The molecule has 3 nitrogen and oxygen atoms in total. The molecule has 0 radical (unpaired) electrons. The van der Waals surface area contributed by atoms with Crippen LogP contribution in [0.2, 0.25) is 0 Å². The number of rotatable bonds is 3. The Bertz CT molecular complexity index is 691. The first kappa shape index (κ1) is 15.6. The summed E-state index contributed by atoms with van der Waals surface area (Å²) >= 11 is 0. The second-order valence-corrected chi connectivity index (χ2v) is 5.91. The van der Waals surface area contributed by atoms with Crippen LogP contribution in [0.15, 0.2) is 42.6 Å². The summed E-state index contributed by atoms with van der Waals surface area (Å²) in [5.41, 5.74) is 0.935. The van der Waals surface area contributed by atoms with E-state index in [4.69, 9.17) is 0 Å². The first-order valence-corrected chi connectivity index (χ1v) is 7.77. The van der Waals surface area contributed by atoms with Crippen LogP contribution in [0.4, 0.5) is 8.78 Å². The van der Waals surface area contributed by atoms with Crippen molar-refractivity contribution >= 4 is 5.91 Å².